The van der Waals surface area contributed by atoms with Crippen LogP contribution in [0, 0.1) is 17.3 Å². The van der Waals surface area contributed by atoms with Crippen molar-refractivity contribution in [3.63, 3.8) is 0 Å². The molecule has 4 nitrogen and oxygen atoms in total. The molecular formula is C10H15NO3. The molecular weight excluding hydrogens is 182 g/mol. The minimum atomic E-state index is -0.636. The Morgan fingerprint density at radius 2 is 1.79 bits per heavy atom. The molecule has 0 bridgehead atoms. The zero-order valence-electron chi connectivity index (χ0n) is 8.65. The van der Waals surface area contributed by atoms with Crippen LogP contribution in [0.1, 0.15) is 20.8 Å². The molecule has 0 aromatic carbocycles. The summed E-state index contributed by atoms with van der Waals surface area (Å²) in [5, 5.41) is 9.13. The van der Waals surface area contributed by atoms with Crippen LogP contribution in [0.5, 0.6) is 0 Å². The fourth-order valence-corrected chi connectivity index (χ4v) is 2.45. The highest BCUT2D eigenvalue weighted by Gasteiger charge is 2.72. The maximum atomic E-state index is 11.7. The average Bonchev–Trinajstić information content (AvgIpc) is 2.51. The van der Waals surface area contributed by atoms with E-state index in [0.29, 0.717) is 0 Å². The third-order valence-electron chi connectivity index (χ3n) is 3.34. The average molecular weight is 197 g/mol. The van der Waals surface area contributed by atoms with Crippen molar-refractivity contribution in [1.29, 1.82) is 0 Å². The summed E-state index contributed by atoms with van der Waals surface area (Å²) in [6.45, 7) is 5.60. The van der Waals surface area contributed by atoms with Gasteiger partial charge < -0.3 is 5.11 Å². The van der Waals surface area contributed by atoms with E-state index >= 15 is 0 Å². The number of fused-ring (bicyclic) bond motifs is 1. The highest BCUT2D eigenvalue weighted by atomic mass is 16.3. The summed E-state index contributed by atoms with van der Waals surface area (Å²) in [7, 11) is 0. The lowest BCUT2D eigenvalue weighted by molar-refractivity contribution is -0.144. The molecule has 0 aromatic rings. The van der Waals surface area contributed by atoms with Gasteiger partial charge in [-0.2, -0.15) is 0 Å². The Morgan fingerprint density at radius 3 is 2.14 bits per heavy atom. The van der Waals surface area contributed by atoms with Gasteiger partial charge in [-0.15, -0.1) is 0 Å². The lowest BCUT2D eigenvalue weighted by Crippen LogP contribution is -2.40. The van der Waals surface area contributed by atoms with Crippen molar-refractivity contribution < 1.29 is 14.7 Å². The van der Waals surface area contributed by atoms with E-state index in [1.165, 1.54) is 4.90 Å². The van der Waals surface area contributed by atoms with Gasteiger partial charge in [0.1, 0.15) is 0 Å². The van der Waals surface area contributed by atoms with Crippen molar-refractivity contribution in [2.75, 3.05) is 6.54 Å². The molecule has 78 valence electrons. The fourth-order valence-electron chi connectivity index (χ4n) is 2.45. The van der Waals surface area contributed by atoms with Gasteiger partial charge in [0.25, 0.3) is 0 Å². The third kappa shape index (κ3) is 1.03. The SMILES string of the molecule is C[C@H](O)CN1C(=O)C2C(C1=O)C2(C)C. The molecule has 0 spiro atoms. The van der Waals surface area contributed by atoms with Gasteiger partial charge >= 0.3 is 0 Å². The number of aliphatic hydroxyl groups excluding tert-OH is 1. The van der Waals surface area contributed by atoms with Crippen molar-refractivity contribution in [2.24, 2.45) is 17.3 Å². The van der Waals surface area contributed by atoms with Gasteiger partial charge in [0, 0.05) is 0 Å². The lowest BCUT2D eigenvalue weighted by atomic mass is 10.1. The zero-order valence-corrected chi connectivity index (χ0v) is 8.65. The largest absolute Gasteiger partial charge is 0.392 e. The number of hydrogen-bond donors (Lipinski definition) is 1. The highest BCUT2D eigenvalue weighted by molar-refractivity contribution is 6.10. The smallest absolute Gasteiger partial charge is 0.233 e. The van der Waals surface area contributed by atoms with E-state index < -0.39 is 6.10 Å². The number of aliphatic hydroxyl groups is 1. The summed E-state index contributed by atoms with van der Waals surface area (Å²) >= 11 is 0. The Kier molecular flexibility index (Phi) is 1.77. The Hall–Kier alpha value is -0.900. The second kappa shape index (κ2) is 2.57. The van der Waals surface area contributed by atoms with Crippen molar-refractivity contribution in [2.45, 2.75) is 26.9 Å². The maximum absolute atomic E-state index is 11.7. The Labute approximate surface area is 82.9 Å². The minimum Gasteiger partial charge on any atom is -0.392 e. The monoisotopic (exact) mass is 197 g/mol. The van der Waals surface area contributed by atoms with Gasteiger partial charge in [-0.1, -0.05) is 13.8 Å². The van der Waals surface area contributed by atoms with E-state index in [1.807, 2.05) is 13.8 Å². The molecule has 1 aliphatic heterocycles. The predicted octanol–water partition coefficient (Wildman–Crippen LogP) is 0.00820. The van der Waals surface area contributed by atoms with E-state index in [2.05, 4.69) is 0 Å². The molecule has 2 amide bonds. The van der Waals surface area contributed by atoms with E-state index in [4.69, 9.17) is 5.11 Å². The van der Waals surface area contributed by atoms with Crippen LogP contribution in [-0.2, 0) is 9.59 Å². The molecule has 2 rings (SSSR count). The van der Waals surface area contributed by atoms with Gasteiger partial charge in [-0.3, -0.25) is 14.5 Å². The minimum absolute atomic E-state index is 0.106. The molecule has 4 heteroatoms. The molecule has 0 aromatic heterocycles. The van der Waals surface area contributed by atoms with Crippen LogP contribution in [0.25, 0.3) is 0 Å². The first-order valence-electron chi connectivity index (χ1n) is 4.90. The summed E-state index contributed by atoms with van der Waals surface area (Å²) in [5.74, 6) is -0.473. The Morgan fingerprint density at radius 1 is 1.36 bits per heavy atom. The number of likely N-dealkylation sites (tertiary alicyclic amines) is 1. The number of rotatable bonds is 2. The molecule has 1 N–H and O–H groups in total. The number of carbonyl (C=O) groups excluding carboxylic acids is 2. The molecule has 1 aliphatic carbocycles. The molecule has 14 heavy (non-hydrogen) atoms. The highest BCUT2D eigenvalue weighted by Crippen LogP contribution is 2.63. The number of nitrogens with zero attached hydrogens (tertiary/aromatic N) is 1. The standard InChI is InChI=1S/C10H15NO3/c1-5(12)4-11-8(13)6-7(9(11)14)10(6,2)3/h5-7,12H,4H2,1-3H3/t5-,6?,7?/m0/s1. The fraction of sp³-hybridized carbons (Fsp3) is 0.800. The zero-order chi connectivity index (χ0) is 10.7. The topological polar surface area (TPSA) is 57.6 Å². The van der Waals surface area contributed by atoms with E-state index in [-0.39, 0.29) is 35.6 Å². The van der Waals surface area contributed by atoms with Crippen molar-refractivity contribution in [3.05, 3.63) is 0 Å². The van der Waals surface area contributed by atoms with Crippen LogP contribution in [0.3, 0.4) is 0 Å². The molecule has 1 saturated heterocycles. The number of amides is 2. The van der Waals surface area contributed by atoms with Crippen LogP contribution in [-0.4, -0.2) is 34.5 Å². The van der Waals surface area contributed by atoms with Gasteiger partial charge in [-0.25, -0.2) is 0 Å². The van der Waals surface area contributed by atoms with Gasteiger partial charge in [0.2, 0.25) is 11.8 Å². The van der Waals surface area contributed by atoms with Gasteiger partial charge in [-0.05, 0) is 12.3 Å². The van der Waals surface area contributed by atoms with Crippen LogP contribution in [0.4, 0.5) is 0 Å². The number of imide groups is 1. The van der Waals surface area contributed by atoms with Crippen molar-refractivity contribution >= 4 is 11.8 Å². The van der Waals surface area contributed by atoms with Crippen LogP contribution in [0.2, 0.25) is 0 Å². The van der Waals surface area contributed by atoms with Crippen molar-refractivity contribution in [1.82, 2.24) is 4.90 Å². The molecule has 2 unspecified atom stereocenters. The number of β-amino-alcohol motifs (C(OH)–C–C–N with tert-alkyl or cyclic N) is 1. The number of piperidine rings is 1. The van der Waals surface area contributed by atoms with Crippen molar-refractivity contribution in [3.8, 4) is 0 Å². The third-order valence-corrected chi connectivity index (χ3v) is 3.34. The second-order valence-corrected chi connectivity index (χ2v) is 4.91. The van der Waals surface area contributed by atoms with Gasteiger partial charge in [0.15, 0.2) is 0 Å². The lowest BCUT2D eigenvalue weighted by Gasteiger charge is -2.21. The normalized spacial score (nSPS) is 35.9. The predicted molar refractivity (Wildman–Crippen MR) is 49.2 cm³/mol. The maximum Gasteiger partial charge on any atom is 0.233 e. The summed E-state index contributed by atoms with van der Waals surface area (Å²) < 4.78 is 0. The van der Waals surface area contributed by atoms with E-state index in [0.717, 1.165) is 0 Å². The first kappa shape index (κ1) is 9.65. The van der Waals surface area contributed by atoms with Crippen LogP contribution >= 0.6 is 0 Å². The molecule has 0 radical (unpaired) electrons. The quantitative estimate of drug-likeness (QED) is 0.634. The Balaban J connectivity index is 2.14. The van der Waals surface area contributed by atoms with Gasteiger partial charge in [0.05, 0.1) is 24.5 Å². The molecule has 1 saturated carbocycles. The molecule has 3 atom stereocenters. The summed E-state index contributed by atoms with van der Waals surface area (Å²) in [4.78, 5) is 24.6. The summed E-state index contributed by atoms with van der Waals surface area (Å²) in [5.41, 5.74) is -0.149. The number of hydrogen-bond acceptors (Lipinski definition) is 3. The van der Waals surface area contributed by atoms with Crippen LogP contribution in [0.15, 0.2) is 0 Å². The first-order valence-corrected chi connectivity index (χ1v) is 4.90. The molecule has 2 aliphatic rings. The van der Waals surface area contributed by atoms with E-state index in [9.17, 15) is 9.59 Å². The Bertz CT molecular complexity index is 284. The van der Waals surface area contributed by atoms with Crippen LogP contribution < -0.4 is 0 Å². The second-order valence-electron chi connectivity index (χ2n) is 4.91. The summed E-state index contributed by atoms with van der Waals surface area (Å²) in [6, 6.07) is 0. The first-order chi connectivity index (χ1) is 6.37. The van der Waals surface area contributed by atoms with E-state index in [1.54, 1.807) is 6.92 Å². The summed E-state index contributed by atoms with van der Waals surface area (Å²) in [6.07, 6.45) is -0.636. The number of carbonyl (C=O) groups is 2. The molecule has 2 fully saturated rings. The molecule has 1 heterocycles.